The number of carbonyl (C=O) groups is 1. The number of aryl methyl sites for hydroxylation is 1. The van der Waals surface area contributed by atoms with Crippen molar-refractivity contribution < 1.29 is 22.1 Å². The van der Waals surface area contributed by atoms with E-state index in [0.29, 0.717) is 18.4 Å². The van der Waals surface area contributed by atoms with Gasteiger partial charge in [-0.05, 0) is 31.4 Å². The Morgan fingerprint density at radius 3 is 2.47 bits per heavy atom. The molecule has 0 spiro atoms. The SMILES string of the molecule is COC(=O)C1CC(OS(=O)(=O)c2ccccc2C)C1. The molecule has 0 N–H and O–H groups in total. The van der Waals surface area contributed by atoms with Crippen LogP contribution in [0.25, 0.3) is 0 Å². The number of hydrogen-bond acceptors (Lipinski definition) is 5. The molecular formula is C13H16O5S. The van der Waals surface area contributed by atoms with Gasteiger partial charge in [-0.1, -0.05) is 18.2 Å². The first-order chi connectivity index (χ1) is 8.94. The van der Waals surface area contributed by atoms with Crippen molar-refractivity contribution in [2.24, 2.45) is 5.92 Å². The molecule has 6 heteroatoms. The molecule has 0 aromatic heterocycles. The highest BCUT2D eigenvalue weighted by Gasteiger charge is 2.39. The normalized spacial score (nSPS) is 22.6. The minimum atomic E-state index is -3.76. The lowest BCUT2D eigenvalue weighted by atomic mass is 9.83. The average Bonchev–Trinajstić information content (AvgIpc) is 2.32. The molecule has 0 aliphatic heterocycles. The van der Waals surface area contributed by atoms with Crippen LogP contribution in [0, 0.1) is 12.8 Å². The van der Waals surface area contributed by atoms with Gasteiger partial charge >= 0.3 is 5.97 Å². The third-order valence-electron chi connectivity index (χ3n) is 3.26. The lowest BCUT2D eigenvalue weighted by Gasteiger charge is -2.32. The fourth-order valence-corrected chi connectivity index (χ4v) is 3.40. The van der Waals surface area contributed by atoms with E-state index in [4.69, 9.17) is 4.18 Å². The molecule has 5 nitrogen and oxygen atoms in total. The van der Waals surface area contributed by atoms with Gasteiger partial charge in [0, 0.05) is 0 Å². The van der Waals surface area contributed by atoms with Crippen LogP contribution in [0.1, 0.15) is 18.4 Å². The first kappa shape index (κ1) is 14.0. The van der Waals surface area contributed by atoms with Crippen LogP contribution in [0.5, 0.6) is 0 Å². The molecule has 1 fully saturated rings. The Morgan fingerprint density at radius 2 is 1.89 bits per heavy atom. The van der Waals surface area contributed by atoms with E-state index in [1.165, 1.54) is 13.2 Å². The molecule has 1 aromatic rings. The smallest absolute Gasteiger partial charge is 0.308 e. The third kappa shape index (κ3) is 2.96. The number of rotatable bonds is 4. The Hall–Kier alpha value is -1.40. The molecular weight excluding hydrogens is 268 g/mol. The summed E-state index contributed by atoms with van der Waals surface area (Å²) < 4.78 is 33.9. The summed E-state index contributed by atoms with van der Waals surface area (Å²) in [4.78, 5) is 11.4. The zero-order valence-electron chi connectivity index (χ0n) is 10.8. The molecule has 1 aliphatic rings. The second-order valence-electron chi connectivity index (χ2n) is 4.63. The maximum absolute atomic E-state index is 12.1. The van der Waals surface area contributed by atoms with Crippen molar-refractivity contribution in [3.05, 3.63) is 29.8 Å². The van der Waals surface area contributed by atoms with Gasteiger partial charge in [0.15, 0.2) is 0 Å². The van der Waals surface area contributed by atoms with E-state index in [0.717, 1.165) is 0 Å². The molecule has 0 amide bonds. The van der Waals surface area contributed by atoms with E-state index < -0.39 is 16.2 Å². The number of benzene rings is 1. The van der Waals surface area contributed by atoms with Crippen LogP contribution >= 0.6 is 0 Å². The first-order valence-corrected chi connectivity index (χ1v) is 7.41. The highest BCUT2D eigenvalue weighted by atomic mass is 32.2. The standard InChI is InChI=1S/C13H16O5S/c1-9-5-3-4-6-12(9)19(15,16)18-11-7-10(8-11)13(14)17-2/h3-6,10-11H,7-8H2,1-2H3. The second kappa shape index (κ2) is 5.30. The second-order valence-corrected chi connectivity index (χ2v) is 6.17. The summed E-state index contributed by atoms with van der Waals surface area (Å²) in [5, 5.41) is 0. The van der Waals surface area contributed by atoms with Crippen LogP contribution < -0.4 is 0 Å². The van der Waals surface area contributed by atoms with Gasteiger partial charge in [-0.15, -0.1) is 0 Å². The highest BCUT2D eigenvalue weighted by Crippen LogP contribution is 2.33. The van der Waals surface area contributed by atoms with Crippen molar-refractivity contribution in [3.8, 4) is 0 Å². The van der Waals surface area contributed by atoms with E-state index in [-0.39, 0.29) is 16.8 Å². The van der Waals surface area contributed by atoms with Gasteiger partial charge in [0.05, 0.1) is 24.0 Å². The Labute approximate surface area is 112 Å². The highest BCUT2D eigenvalue weighted by molar-refractivity contribution is 7.86. The maximum Gasteiger partial charge on any atom is 0.308 e. The molecule has 1 saturated carbocycles. The predicted molar refractivity (Wildman–Crippen MR) is 68.0 cm³/mol. The van der Waals surface area contributed by atoms with Crippen LogP contribution in [0.3, 0.4) is 0 Å². The molecule has 0 saturated heterocycles. The fraction of sp³-hybridized carbons (Fsp3) is 0.462. The number of ether oxygens (including phenoxy) is 1. The lowest BCUT2D eigenvalue weighted by Crippen LogP contribution is -2.38. The summed E-state index contributed by atoms with van der Waals surface area (Å²) in [6.07, 6.45) is 0.337. The molecule has 0 radical (unpaired) electrons. The van der Waals surface area contributed by atoms with Gasteiger partial charge in [-0.25, -0.2) is 0 Å². The Morgan fingerprint density at radius 1 is 1.26 bits per heavy atom. The molecule has 2 rings (SSSR count). The third-order valence-corrected chi connectivity index (χ3v) is 4.78. The van der Waals surface area contributed by atoms with Crippen molar-refractivity contribution in [2.75, 3.05) is 7.11 Å². The number of carbonyl (C=O) groups excluding carboxylic acids is 1. The van der Waals surface area contributed by atoms with E-state index in [1.807, 2.05) is 0 Å². The summed E-state index contributed by atoms with van der Waals surface area (Å²) >= 11 is 0. The van der Waals surface area contributed by atoms with E-state index in [9.17, 15) is 13.2 Å². The zero-order valence-corrected chi connectivity index (χ0v) is 11.6. The minimum absolute atomic E-state index is 0.177. The van der Waals surface area contributed by atoms with Gasteiger partial charge in [0.25, 0.3) is 10.1 Å². The van der Waals surface area contributed by atoms with Gasteiger partial charge in [-0.2, -0.15) is 8.42 Å². The van der Waals surface area contributed by atoms with Crippen molar-refractivity contribution in [1.29, 1.82) is 0 Å². The van der Waals surface area contributed by atoms with Crippen molar-refractivity contribution in [2.45, 2.75) is 30.8 Å². The Balaban J connectivity index is 2.01. The van der Waals surface area contributed by atoms with Crippen LogP contribution in [0.4, 0.5) is 0 Å². The summed E-state index contributed by atoms with van der Waals surface area (Å²) in [5.41, 5.74) is 0.645. The quantitative estimate of drug-likeness (QED) is 0.621. The van der Waals surface area contributed by atoms with Gasteiger partial charge < -0.3 is 4.74 Å². The summed E-state index contributed by atoms with van der Waals surface area (Å²) in [6.45, 7) is 1.72. The molecule has 19 heavy (non-hydrogen) atoms. The number of hydrogen-bond donors (Lipinski definition) is 0. The van der Waals surface area contributed by atoms with E-state index in [2.05, 4.69) is 4.74 Å². The van der Waals surface area contributed by atoms with Crippen LogP contribution in [0.2, 0.25) is 0 Å². The Bertz CT molecular complexity index is 572. The molecule has 0 bridgehead atoms. The molecule has 0 heterocycles. The van der Waals surface area contributed by atoms with Crippen molar-refractivity contribution >= 4 is 16.1 Å². The first-order valence-electron chi connectivity index (χ1n) is 6.01. The zero-order chi connectivity index (χ0) is 14.0. The minimum Gasteiger partial charge on any atom is -0.469 e. The fourth-order valence-electron chi connectivity index (χ4n) is 2.07. The lowest BCUT2D eigenvalue weighted by molar-refractivity contribution is -0.151. The summed E-state index contributed by atoms with van der Waals surface area (Å²) in [6, 6.07) is 6.65. The van der Waals surface area contributed by atoms with Crippen molar-refractivity contribution in [3.63, 3.8) is 0 Å². The predicted octanol–water partition coefficient (Wildman–Crippen LogP) is 1.65. The molecule has 0 unspecified atom stereocenters. The van der Waals surface area contributed by atoms with Crippen LogP contribution in [0.15, 0.2) is 29.2 Å². The number of methoxy groups -OCH3 is 1. The molecule has 0 atom stereocenters. The van der Waals surface area contributed by atoms with Crippen molar-refractivity contribution in [1.82, 2.24) is 0 Å². The van der Waals surface area contributed by atoms with E-state index in [1.54, 1.807) is 25.1 Å². The van der Waals surface area contributed by atoms with Gasteiger partial charge in [0.1, 0.15) is 0 Å². The van der Waals surface area contributed by atoms with Crippen LogP contribution in [-0.2, 0) is 23.8 Å². The van der Waals surface area contributed by atoms with Gasteiger partial charge in [0.2, 0.25) is 0 Å². The summed E-state index contributed by atoms with van der Waals surface area (Å²) in [5.74, 6) is -0.560. The molecule has 1 aliphatic carbocycles. The topological polar surface area (TPSA) is 69.7 Å². The molecule has 104 valence electrons. The monoisotopic (exact) mass is 284 g/mol. The summed E-state index contributed by atoms with van der Waals surface area (Å²) in [7, 11) is -2.44. The van der Waals surface area contributed by atoms with Crippen LogP contribution in [-0.4, -0.2) is 27.6 Å². The molecule has 1 aromatic carbocycles. The largest absolute Gasteiger partial charge is 0.469 e. The van der Waals surface area contributed by atoms with Gasteiger partial charge in [-0.3, -0.25) is 8.98 Å². The Kier molecular flexibility index (Phi) is 3.91. The average molecular weight is 284 g/mol. The maximum atomic E-state index is 12.1. The number of esters is 1. The van der Waals surface area contributed by atoms with E-state index >= 15 is 0 Å².